The molecule has 5 heteroatoms. The van der Waals surface area contributed by atoms with Gasteiger partial charge in [0.25, 0.3) is 0 Å². The van der Waals surface area contributed by atoms with Crippen molar-refractivity contribution >= 4 is 39.0 Å². The van der Waals surface area contributed by atoms with Crippen LogP contribution in [0.3, 0.4) is 0 Å². The number of anilines is 1. The molecule has 0 aliphatic heterocycles. The summed E-state index contributed by atoms with van der Waals surface area (Å²) in [5.74, 6) is 1.80. The van der Waals surface area contributed by atoms with Crippen LogP contribution in [0.15, 0.2) is 54.6 Å². The largest absolute Gasteiger partial charge is 0.365 e. The summed E-state index contributed by atoms with van der Waals surface area (Å²) in [4.78, 5) is 12.4. The number of nitrogens with zero attached hydrogens (tertiary/aromatic N) is 2. The summed E-state index contributed by atoms with van der Waals surface area (Å²) in [6.45, 7) is 0.654. The first-order valence-electron chi connectivity index (χ1n) is 9.60. The van der Waals surface area contributed by atoms with Gasteiger partial charge in [-0.2, -0.15) is 0 Å². The van der Waals surface area contributed by atoms with E-state index < -0.39 is 0 Å². The Bertz CT molecular complexity index is 1140. The second kappa shape index (κ2) is 7.53. The quantitative estimate of drug-likeness (QED) is 0.440. The number of rotatable bonds is 5. The molecule has 5 rings (SSSR count). The highest BCUT2D eigenvalue weighted by atomic mass is 35.5. The fraction of sp³-hybridized carbons (Fsp3) is 0.217. The average molecular weight is 406 g/mol. The molecule has 0 unspecified atom stereocenters. The fourth-order valence-corrected chi connectivity index (χ4v) is 5.33. The molecule has 0 bridgehead atoms. The lowest BCUT2D eigenvalue weighted by Gasteiger charge is -2.11. The normalized spacial score (nSPS) is 13.0. The maximum absolute atomic E-state index is 6.35. The van der Waals surface area contributed by atoms with Gasteiger partial charge in [0.15, 0.2) is 0 Å². The van der Waals surface area contributed by atoms with E-state index in [4.69, 9.17) is 21.6 Å². The molecule has 4 aromatic rings. The zero-order valence-corrected chi connectivity index (χ0v) is 17.0. The highest BCUT2D eigenvalue weighted by Gasteiger charge is 2.22. The second-order valence-electron chi connectivity index (χ2n) is 7.13. The van der Waals surface area contributed by atoms with Gasteiger partial charge in [0.05, 0.1) is 5.39 Å². The number of hydrogen-bond acceptors (Lipinski definition) is 4. The van der Waals surface area contributed by atoms with Crippen LogP contribution in [0.4, 0.5) is 5.82 Å². The summed E-state index contributed by atoms with van der Waals surface area (Å²) in [7, 11) is 0. The maximum atomic E-state index is 6.35. The van der Waals surface area contributed by atoms with Gasteiger partial charge in [-0.3, -0.25) is 0 Å². The maximum Gasteiger partial charge on any atom is 0.139 e. The first kappa shape index (κ1) is 17.7. The van der Waals surface area contributed by atoms with Crippen molar-refractivity contribution < 1.29 is 0 Å². The molecule has 140 valence electrons. The van der Waals surface area contributed by atoms with Crippen LogP contribution in [-0.2, 0) is 25.8 Å². The Hall–Kier alpha value is -2.43. The molecule has 0 atom stereocenters. The lowest BCUT2D eigenvalue weighted by molar-refractivity contribution is 0.915. The van der Waals surface area contributed by atoms with Crippen LogP contribution in [0.1, 0.15) is 33.8 Å². The van der Waals surface area contributed by atoms with Gasteiger partial charge in [0, 0.05) is 22.9 Å². The Balaban J connectivity index is 1.54. The minimum absolute atomic E-state index is 0.654. The molecule has 2 heterocycles. The number of halogens is 1. The molecule has 0 saturated carbocycles. The molecule has 28 heavy (non-hydrogen) atoms. The van der Waals surface area contributed by atoms with Gasteiger partial charge in [0.1, 0.15) is 16.5 Å². The van der Waals surface area contributed by atoms with Crippen LogP contribution in [-0.4, -0.2) is 9.97 Å². The summed E-state index contributed by atoms with van der Waals surface area (Å²) in [6, 6.07) is 18.4. The average Bonchev–Trinajstić information content (AvgIpc) is 3.29. The molecule has 1 N–H and O–H groups in total. The van der Waals surface area contributed by atoms with Crippen LogP contribution in [0.2, 0.25) is 5.02 Å². The Labute approximate surface area is 173 Å². The standard InChI is InChI=1S/C23H20ClN3S/c24-18-11-5-4-9-16(18)14-25-22-21-17-10-6-12-19(17)28-23(21)27-20(26-22)13-15-7-2-1-3-8-15/h1-5,7-9,11H,6,10,12-14H2,(H,25,26,27). The van der Waals surface area contributed by atoms with E-state index in [0.29, 0.717) is 6.54 Å². The molecular weight excluding hydrogens is 386 g/mol. The Morgan fingerprint density at radius 2 is 1.79 bits per heavy atom. The Kier molecular flexibility index (Phi) is 4.75. The van der Waals surface area contributed by atoms with Crippen molar-refractivity contribution in [1.29, 1.82) is 0 Å². The van der Waals surface area contributed by atoms with E-state index in [0.717, 1.165) is 46.3 Å². The number of fused-ring (bicyclic) bond motifs is 3. The minimum atomic E-state index is 0.654. The first-order chi connectivity index (χ1) is 13.8. The number of hydrogen-bond donors (Lipinski definition) is 1. The molecule has 1 aliphatic rings. The third kappa shape index (κ3) is 3.38. The van der Waals surface area contributed by atoms with E-state index >= 15 is 0 Å². The van der Waals surface area contributed by atoms with Crippen LogP contribution < -0.4 is 5.32 Å². The highest BCUT2D eigenvalue weighted by Crippen LogP contribution is 2.39. The third-order valence-electron chi connectivity index (χ3n) is 5.22. The fourth-order valence-electron chi connectivity index (χ4n) is 3.85. The summed E-state index contributed by atoms with van der Waals surface area (Å²) in [5.41, 5.74) is 3.74. The minimum Gasteiger partial charge on any atom is -0.365 e. The molecule has 0 fully saturated rings. The van der Waals surface area contributed by atoms with Gasteiger partial charge in [-0.15, -0.1) is 11.3 Å². The molecule has 0 spiro atoms. The predicted octanol–water partition coefficient (Wildman–Crippen LogP) is 6.04. The lowest BCUT2D eigenvalue weighted by atomic mass is 10.1. The molecule has 0 amide bonds. The molecule has 0 saturated heterocycles. The molecule has 0 radical (unpaired) electrons. The molecule has 2 aromatic heterocycles. The van der Waals surface area contributed by atoms with Crippen LogP contribution >= 0.6 is 22.9 Å². The van der Waals surface area contributed by atoms with E-state index in [1.165, 1.54) is 27.8 Å². The summed E-state index contributed by atoms with van der Waals surface area (Å²) < 4.78 is 0. The Morgan fingerprint density at radius 3 is 2.64 bits per heavy atom. The van der Waals surface area contributed by atoms with Crippen LogP contribution in [0.25, 0.3) is 10.2 Å². The molecule has 3 nitrogen and oxygen atoms in total. The molecular formula is C23H20ClN3S. The van der Waals surface area contributed by atoms with Gasteiger partial charge in [-0.1, -0.05) is 60.1 Å². The van der Waals surface area contributed by atoms with E-state index in [9.17, 15) is 0 Å². The zero-order valence-electron chi connectivity index (χ0n) is 15.4. The number of aryl methyl sites for hydroxylation is 2. The van der Waals surface area contributed by atoms with Gasteiger partial charge >= 0.3 is 0 Å². The zero-order chi connectivity index (χ0) is 18.9. The van der Waals surface area contributed by atoms with Crippen LogP contribution in [0, 0.1) is 0 Å². The number of benzene rings is 2. The van der Waals surface area contributed by atoms with E-state index in [1.54, 1.807) is 0 Å². The summed E-state index contributed by atoms with van der Waals surface area (Å²) >= 11 is 8.18. The monoisotopic (exact) mass is 405 g/mol. The van der Waals surface area contributed by atoms with Crippen LogP contribution in [0.5, 0.6) is 0 Å². The van der Waals surface area contributed by atoms with E-state index in [2.05, 4.69) is 35.6 Å². The topological polar surface area (TPSA) is 37.8 Å². The van der Waals surface area contributed by atoms with Gasteiger partial charge in [-0.25, -0.2) is 9.97 Å². The number of nitrogens with one attached hydrogen (secondary N) is 1. The SMILES string of the molecule is Clc1ccccc1CNc1nc(Cc2ccccc2)nc2sc3c(c12)CCC3. The van der Waals surface area contributed by atoms with Gasteiger partial charge in [-0.05, 0) is 42.0 Å². The summed E-state index contributed by atoms with van der Waals surface area (Å²) in [5, 5.41) is 5.55. The lowest BCUT2D eigenvalue weighted by Crippen LogP contribution is -2.06. The van der Waals surface area contributed by atoms with Crippen molar-refractivity contribution in [2.24, 2.45) is 0 Å². The highest BCUT2D eigenvalue weighted by molar-refractivity contribution is 7.19. The Morgan fingerprint density at radius 1 is 0.964 bits per heavy atom. The second-order valence-corrected chi connectivity index (χ2v) is 8.62. The first-order valence-corrected chi connectivity index (χ1v) is 10.8. The molecule has 1 aliphatic carbocycles. The summed E-state index contributed by atoms with van der Waals surface area (Å²) in [6.07, 6.45) is 4.25. The number of thiophene rings is 1. The van der Waals surface area contributed by atoms with Crippen molar-refractivity contribution in [2.45, 2.75) is 32.2 Å². The van der Waals surface area contributed by atoms with Gasteiger partial charge < -0.3 is 5.32 Å². The predicted molar refractivity (Wildman–Crippen MR) is 117 cm³/mol. The molecule has 2 aromatic carbocycles. The van der Waals surface area contributed by atoms with Crippen molar-refractivity contribution in [2.75, 3.05) is 5.32 Å². The number of aromatic nitrogens is 2. The van der Waals surface area contributed by atoms with Gasteiger partial charge in [0.2, 0.25) is 0 Å². The van der Waals surface area contributed by atoms with Crippen molar-refractivity contribution in [3.63, 3.8) is 0 Å². The van der Waals surface area contributed by atoms with Crippen molar-refractivity contribution in [1.82, 2.24) is 9.97 Å². The smallest absolute Gasteiger partial charge is 0.139 e. The van der Waals surface area contributed by atoms with Crippen molar-refractivity contribution in [3.8, 4) is 0 Å². The van der Waals surface area contributed by atoms with Crippen molar-refractivity contribution in [3.05, 3.63) is 87.0 Å². The van der Waals surface area contributed by atoms with E-state index in [1.807, 2.05) is 35.6 Å². The third-order valence-corrected chi connectivity index (χ3v) is 6.77. The van der Waals surface area contributed by atoms with E-state index in [-0.39, 0.29) is 0 Å².